The lowest BCUT2D eigenvalue weighted by atomic mass is 10.3. The van der Waals surface area contributed by atoms with E-state index in [0.717, 1.165) is 30.1 Å². The molecule has 0 aromatic carbocycles. The van der Waals surface area contributed by atoms with Gasteiger partial charge in [0.1, 0.15) is 18.2 Å². The Hall–Kier alpha value is -2.44. The first kappa shape index (κ1) is 17.6. The third-order valence-corrected chi connectivity index (χ3v) is 3.07. The zero-order valence-electron chi connectivity index (χ0n) is 13.9. The average Bonchev–Trinajstić information content (AvgIpc) is 2.77. The van der Waals surface area contributed by atoms with E-state index in [1.807, 2.05) is 30.5 Å². The molecule has 0 amide bonds. The number of nitrogens with zero attached hydrogens (tertiary/aromatic N) is 4. The van der Waals surface area contributed by atoms with Gasteiger partial charge in [-0.2, -0.15) is 0 Å². The monoisotopic (exact) mass is 303 g/mol. The van der Waals surface area contributed by atoms with Crippen molar-refractivity contribution in [3.05, 3.63) is 17.5 Å². The molecule has 3 N–H and O–H groups in total. The van der Waals surface area contributed by atoms with Crippen LogP contribution in [0.25, 0.3) is 0 Å². The summed E-state index contributed by atoms with van der Waals surface area (Å²) >= 11 is 0. The molecule has 0 spiro atoms. The molecule has 0 atom stereocenters. The van der Waals surface area contributed by atoms with Gasteiger partial charge in [0, 0.05) is 32.2 Å². The Balaban J connectivity index is 3.16. The maximum atomic E-state index is 7.93. The van der Waals surface area contributed by atoms with E-state index >= 15 is 0 Å². The minimum atomic E-state index is 0.403. The molecule has 0 radical (unpaired) electrons. The van der Waals surface area contributed by atoms with Crippen LogP contribution in [-0.2, 0) is 7.05 Å². The van der Waals surface area contributed by atoms with E-state index in [1.165, 1.54) is 6.21 Å². The Morgan fingerprint density at radius 3 is 2.68 bits per heavy atom. The number of imidazole rings is 1. The minimum Gasteiger partial charge on any atom is -0.344 e. The van der Waals surface area contributed by atoms with Crippen molar-refractivity contribution in [2.75, 3.05) is 23.9 Å². The van der Waals surface area contributed by atoms with Gasteiger partial charge in [-0.25, -0.2) is 4.98 Å². The van der Waals surface area contributed by atoms with E-state index in [0.29, 0.717) is 18.1 Å². The number of nitrogens with one attached hydrogen (secondary N) is 3. The number of aliphatic imine (C=N–C) groups is 1. The van der Waals surface area contributed by atoms with Gasteiger partial charge in [0.2, 0.25) is 5.95 Å². The summed E-state index contributed by atoms with van der Waals surface area (Å²) in [5.41, 5.74) is 2.07. The van der Waals surface area contributed by atoms with Gasteiger partial charge in [-0.15, -0.1) is 0 Å². The molecule has 0 aliphatic carbocycles. The number of anilines is 2. The second-order valence-electron chi connectivity index (χ2n) is 5.05. The van der Waals surface area contributed by atoms with E-state index in [9.17, 15) is 0 Å². The van der Waals surface area contributed by atoms with Gasteiger partial charge in [-0.1, -0.05) is 13.0 Å². The first-order chi connectivity index (χ1) is 10.4. The fourth-order valence-corrected chi connectivity index (χ4v) is 2.06. The Morgan fingerprint density at radius 1 is 1.45 bits per heavy atom. The van der Waals surface area contributed by atoms with Gasteiger partial charge in [0.05, 0.1) is 5.71 Å². The van der Waals surface area contributed by atoms with E-state index in [1.54, 1.807) is 6.92 Å². The summed E-state index contributed by atoms with van der Waals surface area (Å²) in [6.45, 7) is 6.21. The van der Waals surface area contributed by atoms with Crippen LogP contribution >= 0.6 is 0 Å². The third-order valence-electron chi connectivity index (χ3n) is 3.07. The highest BCUT2D eigenvalue weighted by Gasteiger charge is 2.18. The molecule has 120 valence electrons. The predicted molar refractivity (Wildman–Crippen MR) is 93.9 cm³/mol. The molecule has 1 rings (SSSR count). The smallest absolute Gasteiger partial charge is 0.208 e. The van der Waals surface area contributed by atoms with E-state index < -0.39 is 0 Å². The molecule has 7 nitrogen and oxygen atoms in total. The van der Waals surface area contributed by atoms with Crippen LogP contribution in [0.2, 0.25) is 0 Å². The molecular formula is C15H25N7. The third kappa shape index (κ3) is 4.28. The zero-order valence-corrected chi connectivity index (χ0v) is 13.9. The van der Waals surface area contributed by atoms with Gasteiger partial charge >= 0.3 is 0 Å². The lowest BCUT2D eigenvalue weighted by Gasteiger charge is -2.16. The summed E-state index contributed by atoms with van der Waals surface area (Å²) in [6, 6.07) is 0. The minimum absolute atomic E-state index is 0.403. The molecule has 0 unspecified atom stereocenters. The van der Waals surface area contributed by atoms with Crippen molar-refractivity contribution < 1.29 is 0 Å². The molecule has 0 saturated carbocycles. The van der Waals surface area contributed by atoms with Crippen molar-refractivity contribution in [2.24, 2.45) is 12.0 Å². The zero-order chi connectivity index (χ0) is 16.7. The van der Waals surface area contributed by atoms with Crippen LogP contribution in [0.1, 0.15) is 32.9 Å². The topological polar surface area (TPSA) is 93.2 Å². The van der Waals surface area contributed by atoms with Crippen LogP contribution in [0.5, 0.6) is 0 Å². The second-order valence-corrected chi connectivity index (χ2v) is 5.05. The highest BCUT2D eigenvalue weighted by atomic mass is 15.3. The molecule has 1 heterocycles. The lowest BCUT2D eigenvalue weighted by molar-refractivity contribution is 0.818. The van der Waals surface area contributed by atoms with Crippen LogP contribution in [-0.4, -0.2) is 41.4 Å². The predicted octanol–water partition coefficient (Wildman–Crippen LogP) is 2.65. The quantitative estimate of drug-likeness (QED) is 0.644. The highest BCUT2D eigenvalue weighted by Crippen LogP contribution is 2.24. The maximum absolute atomic E-state index is 7.93. The molecule has 1 aromatic rings. The molecule has 0 bridgehead atoms. The number of rotatable bonds is 8. The Labute approximate surface area is 131 Å². The van der Waals surface area contributed by atoms with Crippen molar-refractivity contribution >= 4 is 29.9 Å². The van der Waals surface area contributed by atoms with Crippen molar-refractivity contribution in [1.82, 2.24) is 9.55 Å². The Morgan fingerprint density at radius 2 is 2.14 bits per heavy atom. The van der Waals surface area contributed by atoms with Crippen LogP contribution in [0, 0.1) is 10.8 Å². The highest BCUT2D eigenvalue weighted by molar-refractivity contribution is 6.14. The standard InChI is InChI=1S/C15H25N7/c1-6-7-11(2)19-14-13(12(3)17)20-15(22(14)5)21(4)10-18-9-8-16/h7-9,16-17,19H,6,10H2,1-5H3/b11-7-,16-8?,17-12?,18-9?. The normalized spacial score (nSPS) is 11.8. The molecule has 0 aliphatic heterocycles. The largest absolute Gasteiger partial charge is 0.344 e. The molecular weight excluding hydrogens is 278 g/mol. The molecule has 7 heteroatoms. The van der Waals surface area contributed by atoms with Gasteiger partial charge in [-0.3, -0.25) is 9.56 Å². The first-order valence-corrected chi connectivity index (χ1v) is 7.18. The van der Waals surface area contributed by atoms with E-state index in [-0.39, 0.29) is 0 Å². The van der Waals surface area contributed by atoms with Crippen molar-refractivity contribution in [1.29, 1.82) is 10.8 Å². The SMILES string of the molecule is CC/C=C(/C)Nc1c(C(C)=N)nc(N(C)CN=CC=N)n1C. The first-order valence-electron chi connectivity index (χ1n) is 7.18. The van der Waals surface area contributed by atoms with Gasteiger partial charge in [0.25, 0.3) is 0 Å². The van der Waals surface area contributed by atoms with Crippen LogP contribution in [0.4, 0.5) is 11.8 Å². The van der Waals surface area contributed by atoms with Crippen LogP contribution in [0.15, 0.2) is 16.8 Å². The number of hydrogen-bond donors (Lipinski definition) is 3. The number of allylic oxidation sites excluding steroid dienone is 2. The summed E-state index contributed by atoms with van der Waals surface area (Å²) in [5.74, 6) is 1.52. The fraction of sp³-hybridized carbons (Fsp3) is 0.467. The summed E-state index contributed by atoms with van der Waals surface area (Å²) in [7, 11) is 3.79. The van der Waals surface area contributed by atoms with Crippen molar-refractivity contribution in [3.63, 3.8) is 0 Å². The lowest BCUT2D eigenvalue weighted by Crippen LogP contribution is -2.21. The molecule has 0 aliphatic rings. The molecule has 0 saturated heterocycles. The van der Waals surface area contributed by atoms with Crippen molar-refractivity contribution in [2.45, 2.75) is 27.2 Å². The van der Waals surface area contributed by atoms with Crippen LogP contribution < -0.4 is 10.2 Å². The molecule has 22 heavy (non-hydrogen) atoms. The van der Waals surface area contributed by atoms with Gasteiger partial charge in [0.15, 0.2) is 0 Å². The fourth-order valence-electron chi connectivity index (χ4n) is 2.06. The Kier molecular flexibility index (Phi) is 6.49. The molecule has 1 aromatic heterocycles. The van der Waals surface area contributed by atoms with E-state index in [4.69, 9.17) is 10.8 Å². The number of hydrogen-bond acceptors (Lipinski definition) is 6. The average molecular weight is 303 g/mol. The van der Waals surface area contributed by atoms with Gasteiger partial charge < -0.3 is 21.0 Å². The summed E-state index contributed by atoms with van der Waals surface area (Å²) in [5, 5.41) is 18.2. The summed E-state index contributed by atoms with van der Waals surface area (Å²) < 4.78 is 1.92. The van der Waals surface area contributed by atoms with Crippen molar-refractivity contribution in [3.8, 4) is 0 Å². The number of aromatic nitrogens is 2. The van der Waals surface area contributed by atoms with Crippen LogP contribution in [0.3, 0.4) is 0 Å². The van der Waals surface area contributed by atoms with Gasteiger partial charge in [-0.05, 0) is 20.3 Å². The summed E-state index contributed by atoms with van der Waals surface area (Å²) in [6.07, 6.45) is 5.62. The van der Waals surface area contributed by atoms with E-state index in [2.05, 4.69) is 28.3 Å². The summed E-state index contributed by atoms with van der Waals surface area (Å²) in [4.78, 5) is 10.5. The molecule has 0 fully saturated rings. The Bertz CT molecular complexity index is 595. The maximum Gasteiger partial charge on any atom is 0.208 e. The second kappa shape index (κ2) is 8.11.